The number of benzene rings is 2. The van der Waals surface area contributed by atoms with Crippen LogP contribution in [0.25, 0.3) is 0 Å². The van der Waals surface area contributed by atoms with Crippen LogP contribution in [0.5, 0.6) is 0 Å². The van der Waals surface area contributed by atoms with Crippen molar-refractivity contribution in [1.82, 2.24) is 9.80 Å². The Hall–Kier alpha value is -2.22. The molecule has 3 rings (SSSR count). The van der Waals surface area contributed by atoms with E-state index in [1.54, 1.807) is 0 Å². The quantitative estimate of drug-likeness (QED) is 0.588. The van der Waals surface area contributed by atoms with Gasteiger partial charge in [-0.15, -0.1) is 0 Å². The van der Waals surface area contributed by atoms with Crippen LogP contribution >= 0.6 is 0 Å². The summed E-state index contributed by atoms with van der Waals surface area (Å²) in [4.78, 5) is 4.94. The highest BCUT2D eigenvalue weighted by Gasteiger charge is 2.27. The van der Waals surface area contributed by atoms with Gasteiger partial charge in [0.1, 0.15) is 6.17 Å². The van der Waals surface area contributed by atoms with Gasteiger partial charge < -0.3 is 9.80 Å². The second-order valence-corrected chi connectivity index (χ2v) is 6.54. The first-order valence-corrected chi connectivity index (χ1v) is 9.17. The summed E-state index contributed by atoms with van der Waals surface area (Å²) in [5.74, 6) is 0. The molecule has 0 bridgehead atoms. The lowest BCUT2D eigenvalue weighted by Crippen LogP contribution is -2.31. The van der Waals surface area contributed by atoms with E-state index in [0.717, 1.165) is 13.1 Å². The lowest BCUT2D eigenvalue weighted by Gasteiger charge is -2.33. The van der Waals surface area contributed by atoms with Crippen molar-refractivity contribution < 1.29 is 0 Å². The van der Waals surface area contributed by atoms with Crippen molar-refractivity contribution in [1.29, 1.82) is 0 Å². The van der Waals surface area contributed by atoms with E-state index in [-0.39, 0.29) is 0 Å². The summed E-state index contributed by atoms with van der Waals surface area (Å²) < 4.78 is 0. The van der Waals surface area contributed by atoms with Crippen molar-refractivity contribution in [3.63, 3.8) is 0 Å². The normalized spacial score (nSPS) is 16.8. The van der Waals surface area contributed by atoms with E-state index < -0.39 is 0 Å². The molecule has 2 aromatic carbocycles. The van der Waals surface area contributed by atoms with Crippen LogP contribution in [0.2, 0.25) is 0 Å². The highest BCUT2D eigenvalue weighted by Crippen LogP contribution is 2.32. The van der Waals surface area contributed by atoms with E-state index in [4.69, 9.17) is 0 Å². The molecule has 0 radical (unpaired) electrons. The van der Waals surface area contributed by atoms with E-state index >= 15 is 0 Å². The average Bonchev–Trinajstić information content (AvgIpc) is 3.03. The largest absolute Gasteiger partial charge is 0.352 e. The predicted octanol–water partition coefficient (Wildman–Crippen LogP) is 5.55. The first-order valence-electron chi connectivity index (χ1n) is 9.17. The summed E-state index contributed by atoms with van der Waals surface area (Å²) in [7, 11) is 0. The van der Waals surface area contributed by atoms with Gasteiger partial charge in [0.05, 0.1) is 0 Å². The number of unbranched alkanes of at least 4 members (excludes halogenated alkanes) is 3. The van der Waals surface area contributed by atoms with Gasteiger partial charge in [-0.2, -0.15) is 0 Å². The Morgan fingerprint density at radius 1 is 0.750 bits per heavy atom. The smallest absolute Gasteiger partial charge is 0.127 e. The topological polar surface area (TPSA) is 6.48 Å². The first-order chi connectivity index (χ1) is 11.9. The van der Waals surface area contributed by atoms with Crippen molar-refractivity contribution in [3.05, 3.63) is 84.2 Å². The van der Waals surface area contributed by atoms with Crippen LogP contribution in [0, 0.1) is 0 Å². The average molecular weight is 320 g/mol. The van der Waals surface area contributed by atoms with Crippen molar-refractivity contribution in [3.8, 4) is 0 Å². The molecule has 1 unspecified atom stereocenters. The Labute approximate surface area is 146 Å². The molecule has 2 heteroatoms. The predicted molar refractivity (Wildman–Crippen MR) is 101 cm³/mol. The highest BCUT2D eigenvalue weighted by molar-refractivity contribution is 5.23. The van der Waals surface area contributed by atoms with Crippen LogP contribution < -0.4 is 0 Å². The summed E-state index contributed by atoms with van der Waals surface area (Å²) >= 11 is 0. The zero-order valence-corrected chi connectivity index (χ0v) is 14.6. The number of nitrogens with zero attached hydrogens (tertiary/aromatic N) is 2. The third kappa shape index (κ3) is 4.19. The molecule has 0 saturated heterocycles. The van der Waals surface area contributed by atoms with Gasteiger partial charge in [-0.1, -0.05) is 86.8 Å². The van der Waals surface area contributed by atoms with E-state index in [9.17, 15) is 0 Å². The molecule has 0 amide bonds. The maximum Gasteiger partial charge on any atom is 0.127 e. The Kier molecular flexibility index (Phi) is 5.95. The van der Waals surface area contributed by atoms with Gasteiger partial charge in [0.25, 0.3) is 0 Å². The third-order valence-corrected chi connectivity index (χ3v) is 4.65. The van der Waals surface area contributed by atoms with Crippen molar-refractivity contribution in [2.45, 2.75) is 45.3 Å². The minimum atomic E-state index is 0.313. The van der Waals surface area contributed by atoms with Crippen molar-refractivity contribution >= 4 is 0 Å². The lowest BCUT2D eigenvalue weighted by molar-refractivity contribution is 0.146. The maximum atomic E-state index is 2.49. The molecule has 0 N–H and O–H groups in total. The molecular weight excluding hydrogens is 292 g/mol. The second kappa shape index (κ2) is 8.58. The van der Waals surface area contributed by atoms with Crippen molar-refractivity contribution in [2.75, 3.05) is 6.54 Å². The molecule has 0 spiro atoms. The molecule has 1 aliphatic rings. The molecule has 2 aromatic rings. The number of rotatable bonds is 8. The van der Waals surface area contributed by atoms with Crippen LogP contribution in [0.4, 0.5) is 0 Å². The Morgan fingerprint density at radius 2 is 1.42 bits per heavy atom. The molecule has 1 aliphatic heterocycles. The molecule has 24 heavy (non-hydrogen) atoms. The van der Waals surface area contributed by atoms with E-state index in [1.807, 2.05) is 0 Å². The summed E-state index contributed by atoms with van der Waals surface area (Å²) in [6, 6.07) is 21.6. The van der Waals surface area contributed by atoms with E-state index in [1.165, 1.54) is 36.8 Å². The maximum absolute atomic E-state index is 2.49. The fourth-order valence-corrected chi connectivity index (χ4v) is 3.38. The molecule has 2 nitrogen and oxygen atoms in total. The summed E-state index contributed by atoms with van der Waals surface area (Å²) in [6.45, 7) is 4.34. The molecule has 1 heterocycles. The zero-order valence-electron chi connectivity index (χ0n) is 14.6. The van der Waals surface area contributed by atoms with Gasteiger partial charge >= 0.3 is 0 Å². The molecule has 0 aromatic heterocycles. The molecule has 0 saturated carbocycles. The molecule has 1 atom stereocenters. The molecular formula is C22H28N2. The molecule has 0 aliphatic carbocycles. The van der Waals surface area contributed by atoms with Gasteiger partial charge in [-0.05, 0) is 17.5 Å². The third-order valence-electron chi connectivity index (χ3n) is 4.65. The summed E-state index contributed by atoms with van der Waals surface area (Å²) in [5.41, 5.74) is 2.73. The van der Waals surface area contributed by atoms with Crippen LogP contribution in [-0.2, 0) is 6.54 Å². The minimum Gasteiger partial charge on any atom is -0.352 e. The zero-order chi connectivity index (χ0) is 16.6. The number of hydrogen-bond donors (Lipinski definition) is 0. The second-order valence-electron chi connectivity index (χ2n) is 6.54. The SMILES string of the molecule is CCCCCCN1C=CN(Cc2ccccc2)C1c1ccccc1. The Morgan fingerprint density at radius 3 is 2.12 bits per heavy atom. The monoisotopic (exact) mass is 320 g/mol. The van der Waals surface area contributed by atoms with Gasteiger partial charge in [0.15, 0.2) is 0 Å². The van der Waals surface area contributed by atoms with Crippen molar-refractivity contribution in [2.24, 2.45) is 0 Å². The lowest BCUT2D eigenvalue weighted by atomic mass is 10.1. The van der Waals surface area contributed by atoms with Gasteiger partial charge in [0, 0.05) is 25.5 Å². The Bertz CT molecular complexity index is 621. The minimum absolute atomic E-state index is 0.313. The van der Waals surface area contributed by atoms with Crippen LogP contribution in [-0.4, -0.2) is 16.3 Å². The molecule has 126 valence electrons. The van der Waals surface area contributed by atoms with Crippen LogP contribution in [0.3, 0.4) is 0 Å². The number of hydrogen-bond acceptors (Lipinski definition) is 2. The standard InChI is InChI=1S/C22H28N2/c1-2-3-4-11-16-23-17-18-24(19-20-12-7-5-8-13-20)22(23)21-14-9-6-10-15-21/h5-10,12-15,17-18,22H,2-4,11,16,19H2,1H3. The summed E-state index contributed by atoms with van der Waals surface area (Å²) in [6.07, 6.45) is 10.0. The van der Waals surface area contributed by atoms with Gasteiger partial charge in [-0.25, -0.2) is 0 Å². The summed E-state index contributed by atoms with van der Waals surface area (Å²) in [5, 5.41) is 0. The first kappa shape index (κ1) is 16.6. The molecule has 0 fully saturated rings. The fraction of sp³-hybridized carbons (Fsp3) is 0.364. The fourth-order valence-electron chi connectivity index (χ4n) is 3.38. The van der Waals surface area contributed by atoms with E-state index in [2.05, 4.69) is 89.8 Å². The Balaban J connectivity index is 1.72. The van der Waals surface area contributed by atoms with E-state index in [0.29, 0.717) is 6.17 Å². The highest BCUT2D eigenvalue weighted by atomic mass is 15.4. The van der Waals surface area contributed by atoms with Crippen LogP contribution in [0.1, 0.15) is 49.9 Å². The van der Waals surface area contributed by atoms with Gasteiger partial charge in [-0.3, -0.25) is 0 Å². The van der Waals surface area contributed by atoms with Crippen LogP contribution in [0.15, 0.2) is 73.1 Å². The van der Waals surface area contributed by atoms with Gasteiger partial charge in [0.2, 0.25) is 0 Å².